The number of aryl methyl sites for hydroxylation is 1. The van der Waals surface area contributed by atoms with Crippen molar-refractivity contribution in [2.45, 2.75) is 13.5 Å². The highest BCUT2D eigenvalue weighted by Crippen LogP contribution is 2.27. The number of rotatable bonds is 6. The van der Waals surface area contributed by atoms with E-state index >= 15 is 0 Å². The van der Waals surface area contributed by atoms with Gasteiger partial charge in [0.1, 0.15) is 11.5 Å². The Morgan fingerprint density at radius 1 is 1.26 bits per heavy atom. The molecule has 2 N–H and O–H groups in total. The van der Waals surface area contributed by atoms with Crippen molar-refractivity contribution in [3.8, 4) is 17.3 Å². The predicted molar refractivity (Wildman–Crippen MR) is 101 cm³/mol. The van der Waals surface area contributed by atoms with Crippen LogP contribution in [0.25, 0.3) is 5.82 Å². The first-order valence-corrected chi connectivity index (χ1v) is 8.36. The topological polar surface area (TPSA) is 75.4 Å². The second-order valence-corrected chi connectivity index (χ2v) is 6.52. The Morgan fingerprint density at radius 3 is 2.74 bits per heavy atom. The lowest BCUT2D eigenvalue weighted by atomic mass is 10.2. The summed E-state index contributed by atoms with van der Waals surface area (Å²) in [4.78, 5) is 10.3. The first-order chi connectivity index (χ1) is 12.9. The molecule has 0 unspecified atom stereocenters. The van der Waals surface area contributed by atoms with E-state index in [0.29, 0.717) is 11.4 Å². The lowest BCUT2D eigenvalue weighted by Gasteiger charge is -2.10. The second kappa shape index (κ2) is 7.63. The van der Waals surface area contributed by atoms with Gasteiger partial charge >= 0.3 is 0 Å². The van der Waals surface area contributed by atoms with E-state index in [0.717, 1.165) is 23.9 Å². The number of methoxy groups -OCH3 is 1. The Kier molecular flexibility index (Phi) is 5.27. The van der Waals surface area contributed by atoms with Crippen LogP contribution < -0.4 is 10.1 Å². The van der Waals surface area contributed by atoms with Crippen molar-refractivity contribution in [2.75, 3.05) is 26.5 Å². The number of halogens is 1. The van der Waals surface area contributed by atoms with Crippen LogP contribution in [0.1, 0.15) is 11.1 Å². The summed E-state index contributed by atoms with van der Waals surface area (Å²) in [5.41, 5.74) is 2.67. The van der Waals surface area contributed by atoms with Gasteiger partial charge in [-0.1, -0.05) is 0 Å². The van der Waals surface area contributed by atoms with Gasteiger partial charge in [-0.05, 0) is 32.1 Å². The van der Waals surface area contributed by atoms with E-state index < -0.39 is 5.82 Å². The summed E-state index contributed by atoms with van der Waals surface area (Å²) in [7, 11) is 5.46. The lowest BCUT2D eigenvalue weighted by Crippen LogP contribution is -2.10. The number of nitrogens with one attached hydrogen (secondary N) is 1. The maximum atomic E-state index is 14.3. The van der Waals surface area contributed by atoms with Crippen molar-refractivity contribution in [3.05, 3.63) is 53.7 Å². The number of phenolic OH excluding ortho intramolecular Hbond substituents is 1. The third-order valence-corrected chi connectivity index (χ3v) is 3.97. The standard InChI is InChI=1S/C19H22FN5O2/c1-12-9-25(11-13(12)10-24(2)3)18-17(20)8-21-19(23-18)22-14-5-15(26)7-16(6-14)27-4/h5-9,11,26H,10H2,1-4H3,(H,21,22,23). The maximum Gasteiger partial charge on any atom is 0.229 e. The van der Waals surface area contributed by atoms with Crippen LogP contribution in [0, 0.1) is 12.7 Å². The zero-order chi connectivity index (χ0) is 19.6. The van der Waals surface area contributed by atoms with E-state index in [1.165, 1.54) is 19.2 Å². The summed E-state index contributed by atoms with van der Waals surface area (Å²) in [5.74, 6) is 0.343. The average Bonchev–Trinajstić information content (AvgIpc) is 2.95. The number of aromatic hydroxyl groups is 1. The first kappa shape index (κ1) is 18.7. The quantitative estimate of drug-likeness (QED) is 0.693. The number of benzene rings is 1. The summed E-state index contributed by atoms with van der Waals surface area (Å²) in [6, 6.07) is 4.67. The Morgan fingerprint density at radius 2 is 2.04 bits per heavy atom. The molecule has 0 fully saturated rings. The SMILES string of the molecule is COc1cc(O)cc(Nc2ncc(F)c(-n3cc(C)c(CN(C)C)c3)n2)c1. The van der Waals surface area contributed by atoms with Crippen molar-refractivity contribution in [2.24, 2.45) is 0 Å². The molecule has 0 saturated heterocycles. The normalized spacial score (nSPS) is 11.0. The molecule has 0 atom stereocenters. The molecule has 3 rings (SSSR count). The van der Waals surface area contributed by atoms with E-state index in [2.05, 4.69) is 15.3 Å². The van der Waals surface area contributed by atoms with Crippen LogP contribution in [0.3, 0.4) is 0 Å². The molecule has 0 radical (unpaired) electrons. The van der Waals surface area contributed by atoms with Crippen LogP contribution in [0.5, 0.6) is 11.5 Å². The summed E-state index contributed by atoms with van der Waals surface area (Å²) in [6.07, 6.45) is 4.82. The molecule has 0 spiro atoms. The molecule has 2 aromatic heterocycles. The number of hydrogen-bond donors (Lipinski definition) is 2. The predicted octanol–water partition coefficient (Wildman–Crippen LogP) is 3.23. The minimum Gasteiger partial charge on any atom is -0.508 e. The molecule has 2 heterocycles. The van der Waals surface area contributed by atoms with E-state index in [4.69, 9.17) is 4.74 Å². The largest absolute Gasteiger partial charge is 0.508 e. The summed E-state index contributed by atoms with van der Waals surface area (Å²) in [6.45, 7) is 2.73. The van der Waals surface area contributed by atoms with E-state index in [1.807, 2.05) is 38.3 Å². The van der Waals surface area contributed by atoms with Crippen LogP contribution >= 0.6 is 0 Å². The van der Waals surface area contributed by atoms with E-state index in [9.17, 15) is 9.50 Å². The highest BCUT2D eigenvalue weighted by molar-refractivity contribution is 5.59. The van der Waals surface area contributed by atoms with Gasteiger partial charge in [0.15, 0.2) is 11.6 Å². The second-order valence-electron chi connectivity index (χ2n) is 6.52. The third kappa shape index (κ3) is 4.35. The first-order valence-electron chi connectivity index (χ1n) is 8.36. The number of ether oxygens (including phenoxy) is 1. The minimum atomic E-state index is -0.527. The monoisotopic (exact) mass is 371 g/mol. The van der Waals surface area contributed by atoms with Crippen LogP contribution in [0.4, 0.5) is 16.0 Å². The molecule has 27 heavy (non-hydrogen) atoms. The van der Waals surface area contributed by atoms with Gasteiger partial charge in [0.2, 0.25) is 5.95 Å². The maximum absolute atomic E-state index is 14.3. The van der Waals surface area contributed by atoms with Crippen LogP contribution in [-0.4, -0.2) is 45.7 Å². The molecule has 142 valence electrons. The molecule has 0 bridgehead atoms. The summed E-state index contributed by atoms with van der Waals surface area (Å²) >= 11 is 0. The van der Waals surface area contributed by atoms with Crippen molar-refractivity contribution in [3.63, 3.8) is 0 Å². The molecular weight excluding hydrogens is 349 g/mol. The number of anilines is 2. The molecule has 0 aliphatic heterocycles. The highest BCUT2D eigenvalue weighted by Gasteiger charge is 2.13. The van der Waals surface area contributed by atoms with Crippen LogP contribution in [-0.2, 0) is 6.54 Å². The van der Waals surface area contributed by atoms with Gasteiger partial charge < -0.3 is 24.6 Å². The van der Waals surface area contributed by atoms with Gasteiger partial charge in [-0.3, -0.25) is 0 Å². The fraction of sp³-hybridized carbons (Fsp3) is 0.263. The van der Waals surface area contributed by atoms with Crippen molar-refractivity contribution in [1.29, 1.82) is 0 Å². The van der Waals surface area contributed by atoms with Gasteiger partial charge in [-0.2, -0.15) is 4.98 Å². The molecule has 0 aliphatic carbocycles. The van der Waals surface area contributed by atoms with Crippen molar-refractivity contribution >= 4 is 11.6 Å². The van der Waals surface area contributed by atoms with E-state index in [1.54, 1.807) is 10.6 Å². The van der Waals surface area contributed by atoms with E-state index in [-0.39, 0.29) is 17.5 Å². The van der Waals surface area contributed by atoms with Crippen molar-refractivity contribution in [1.82, 2.24) is 19.4 Å². The minimum absolute atomic E-state index is 0.0357. The molecule has 0 aliphatic rings. The fourth-order valence-electron chi connectivity index (χ4n) is 2.73. The third-order valence-electron chi connectivity index (χ3n) is 3.97. The average molecular weight is 371 g/mol. The Balaban J connectivity index is 1.92. The number of aromatic nitrogens is 3. The van der Waals surface area contributed by atoms with Crippen LogP contribution in [0.2, 0.25) is 0 Å². The molecule has 8 heteroatoms. The van der Waals surface area contributed by atoms with Gasteiger partial charge in [0.25, 0.3) is 0 Å². The summed E-state index contributed by atoms with van der Waals surface area (Å²) in [5, 5.41) is 12.7. The van der Waals surface area contributed by atoms with Gasteiger partial charge in [-0.15, -0.1) is 0 Å². The molecule has 7 nitrogen and oxygen atoms in total. The molecule has 0 amide bonds. The zero-order valence-electron chi connectivity index (χ0n) is 15.7. The Hall–Kier alpha value is -3.13. The molecule has 3 aromatic rings. The van der Waals surface area contributed by atoms with Crippen molar-refractivity contribution < 1.29 is 14.2 Å². The number of phenols is 1. The number of hydrogen-bond acceptors (Lipinski definition) is 6. The highest BCUT2D eigenvalue weighted by atomic mass is 19.1. The fourth-order valence-corrected chi connectivity index (χ4v) is 2.73. The zero-order valence-corrected chi connectivity index (χ0v) is 15.7. The Bertz CT molecular complexity index is 955. The molecule has 0 saturated carbocycles. The molecular formula is C19H22FN5O2. The van der Waals surface area contributed by atoms with Gasteiger partial charge in [0, 0.05) is 42.8 Å². The smallest absolute Gasteiger partial charge is 0.229 e. The van der Waals surface area contributed by atoms with Gasteiger partial charge in [-0.25, -0.2) is 9.37 Å². The number of nitrogens with zero attached hydrogens (tertiary/aromatic N) is 4. The summed E-state index contributed by atoms with van der Waals surface area (Å²) < 4.78 is 21.1. The lowest BCUT2D eigenvalue weighted by molar-refractivity contribution is 0.401. The van der Waals surface area contributed by atoms with Crippen LogP contribution in [0.15, 0.2) is 36.8 Å². The van der Waals surface area contributed by atoms with Gasteiger partial charge in [0.05, 0.1) is 13.3 Å². The Labute approximate surface area is 157 Å². The molecule has 1 aromatic carbocycles.